The van der Waals surface area contributed by atoms with Gasteiger partial charge < -0.3 is 10.6 Å². The first-order valence-corrected chi connectivity index (χ1v) is 8.73. The lowest BCUT2D eigenvalue weighted by Gasteiger charge is -2.08. The molecule has 3 rings (SSSR count). The van der Waals surface area contributed by atoms with Gasteiger partial charge >= 0.3 is 0 Å². The minimum atomic E-state index is -0.180. The van der Waals surface area contributed by atoms with Gasteiger partial charge in [0.1, 0.15) is 0 Å². The third kappa shape index (κ3) is 4.67. The zero-order chi connectivity index (χ0) is 17.6. The molecule has 0 atom stereocenters. The summed E-state index contributed by atoms with van der Waals surface area (Å²) in [5.41, 5.74) is 1.31. The van der Waals surface area contributed by atoms with Crippen LogP contribution in [-0.2, 0) is 4.79 Å². The second-order valence-corrected chi connectivity index (χ2v) is 6.54. The summed E-state index contributed by atoms with van der Waals surface area (Å²) in [6.45, 7) is 0.283. The average molecular weight is 397 g/mol. The summed E-state index contributed by atoms with van der Waals surface area (Å²) < 4.78 is 0.898. The lowest BCUT2D eigenvalue weighted by atomic mass is 10.1. The Morgan fingerprint density at radius 2 is 1.68 bits per heavy atom. The summed E-state index contributed by atoms with van der Waals surface area (Å²) in [7, 11) is 0. The highest BCUT2D eigenvalue weighted by molar-refractivity contribution is 9.10. The Balaban J connectivity index is 1.52. The van der Waals surface area contributed by atoms with E-state index in [9.17, 15) is 9.59 Å². The number of halogens is 1. The minimum absolute atomic E-state index is 0.142. The second kappa shape index (κ2) is 7.94. The van der Waals surface area contributed by atoms with Gasteiger partial charge in [0.2, 0.25) is 5.91 Å². The topological polar surface area (TPSA) is 58.2 Å². The zero-order valence-corrected chi connectivity index (χ0v) is 15.0. The van der Waals surface area contributed by atoms with Gasteiger partial charge in [-0.25, -0.2) is 0 Å². The number of rotatable bonds is 5. The third-order valence-corrected chi connectivity index (χ3v) is 4.25. The highest BCUT2D eigenvalue weighted by Crippen LogP contribution is 2.16. The summed E-state index contributed by atoms with van der Waals surface area (Å²) in [4.78, 5) is 24.2. The van der Waals surface area contributed by atoms with E-state index < -0.39 is 0 Å². The van der Waals surface area contributed by atoms with Crippen LogP contribution >= 0.6 is 15.9 Å². The lowest BCUT2D eigenvalue weighted by molar-refractivity contribution is -0.116. The SMILES string of the molecule is O=C(CCNC(=O)c1ccc2ccccc2c1)Nc1cccc(Br)c1. The molecular formula is C20H17BrN2O2. The quantitative estimate of drug-likeness (QED) is 0.672. The molecule has 0 fully saturated rings. The number of fused-ring (bicyclic) bond motifs is 1. The van der Waals surface area contributed by atoms with Gasteiger partial charge in [-0.3, -0.25) is 9.59 Å². The van der Waals surface area contributed by atoms with Crippen molar-refractivity contribution in [1.29, 1.82) is 0 Å². The lowest BCUT2D eigenvalue weighted by Crippen LogP contribution is -2.27. The van der Waals surface area contributed by atoms with Gasteiger partial charge in [-0.1, -0.05) is 52.3 Å². The van der Waals surface area contributed by atoms with Crippen molar-refractivity contribution >= 4 is 44.2 Å². The Morgan fingerprint density at radius 3 is 2.48 bits per heavy atom. The van der Waals surface area contributed by atoms with Crippen LogP contribution in [0, 0.1) is 0 Å². The number of carbonyl (C=O) groups excluding carboxylic acids is 2. The molecule has 0 aromatic heterocycles. The van der Waals surface area contributed by atoms with Crippen molar-refractivity contribution in [2.45, 2.75) is 6.42 Å². The summed E-state index contributed by atoms with van der Waals surface area (Å²) >= 11 is 3.36. The maximum absolute atomic E-state index is 12.2. The van der Waals surface area contributed by atoms with Crippen molar-refractivity contribution < 1.29 is 9.59 Å². The van der Waals surface area contributed by atoms with Gasteiger partial charge in [0.25, 0.3) is 5.91 Å². The molecule has 0 radical (unpaired) electrons. The number of hydrogen-bond acceptors (Lipinski definition) is 2. The normalized spacial score (nSPS) is 10.4. The standard InChI is InChI=1S/C20H17BrN2O2/c21-17-6-3-7-18(13-17)23-19(24)10-11-22-20(25)16-9-8-14-4-1-2-5-15(14)12-16/h1-9,12-13H,10-11H2,(H,22,25)(H,23,24). The monoisotopic (exact) mass is 396 g/mol. The van der Waals surface area contributed by atoms with E-state index in [1.54, 1.807) is 6.07 Å². The second-order valence-electron chi connectivity index (χ2n) is 5.63. The maximum atomic E-state index is 12.2. The van der Waals surface area contributed by atoms with Gasteiger partial charge in [-0.05, 0) is 41.1 Å². The van der Waals surface area contributed by atoms with Crippen molar-refractivity contribution in [2.24, 2.45) is 0 Å². The van der Waals surface area contributed by atoms with E-state index in [0.717, 1.165) is 20.9 Å². The average Bonchev–Trinajstić information content (AvgIpc) is 2.61. The number of anilines is 1. The van der Waals surface area contributed by atoms with Crippen LogP contribution < -0.4 is 10.6 Å². The van der Waals surface area contributed by atoms with E-state index in [-0.39, 0.29) is 24.8 Å². The largest absolute Gasteiger partial charge is 0.352 e. The molecule has 2 amide bonds. The molecule has 25 heavy (non-hydrogen) atoms. The Bertz CT molecular complexity index is 924. The molecule has 5 heteroatoms. The van der Waals surface area contributed by atoms with Gasteiger partial charge in [-0.2, -0.15) is 0 Å². The number of hydrogen-bond donors (Lipinski definition) is 2. The smallest absolute Gasteiger partial charge is 0.251 e. The molecule has 0 spiro atoms. The number of amides is 2. The van der Waals surface area contributed by atoms with Crippen LogP contribution in [0.25, 0.3) is 10.8 Å². The Labute approximate surface area is 154 Å². The molecule has 0 heterocycles. The molecule has 0 saturated heterocycles. The molecule has 0 aliphatic rings. The zero-order valence-electron chi connectivity index (χ0n) is 13.5. The Kier molecular flexibility index (Phi) is 5.46. The van der Waals surface area contributed by atoms with Crippen molar-refractivity contribution in [3.05, 3.63) is 76.8 Å². The van der Waals surface area contributed by atoms with Gasteiger partial charge in [0.15, 0.2) is 0 Å². The molecule has 3 aromatic carbocycles. The summed E-state index contributed by atoms with van der Waals surface area (Å²) in [6.07, 6.45) is 0.214. The van der Waals surface area contributed by atoms with Crippen molar-refractivity contribution in [2.75, 3.05) is 11.9 Å². The van der Waals surface area contributed by atoms with Crippen LogP contribution in [0.15, 0.2) is 71.2 Å². The molecular weight excluding hydrogens is 380 g/mol. The van der Waals surface area contributed by atoms with Crippen LogP contribution in [-0.4, -0.2) is 18.4 Å². The third-order valence-electron chi connectivity index (χ3n) is 3.76. The molecule has 0 bridgehead atoms. The van der Waals surface area contributed by atoms with Crippen molar-refractivity contribution in [1.82, 2.24) is 5.32 Å². The van der Waals surface area contributed by atoms with Crippen molar-refractivity contribution in [3.8, 4) is 0 Å². The molecule has 0 aliphatic heterocycles. The van der Waals surface area contributed by atoms with E-state index in [1.165, 1.54) is 0 Å². The fourth-order valence-electron chi connectivity index (χ4n) is 2.51. The van der Waals surface area contributed by atoms with E-state index in [0.29, 0.717) is 5.56 Å². The predicted molar refractivity (Wildman–Crippen MR) is 104 cm³/mol. The number of benzene rings is 3. The van der Waals surface area contributed by atoms with E-state index in [2.05, 4.69) is 26.6 Å². The first-order valence-electron chi connectivity index (χ1n) is 7.94. The minimum Gasteiger partial charge on any atom is -0.352 e. The molecule has 0 saturated carbocycles. The Hall–Kier alpha value is -2.66. The first kappa shape index (κ1) is 17.2. The molecule has 3 aromatic rings. The number of nitrogens with one attached hydrogen (secondary N) is 2. The molecule has 0 aliphatic carbocycles. The fourth-order valence-corrected chi connectivity index (χ4v) is 2.91. The molecule has 126 valence electrons. The Morgan fingerprint density at radius 1 is 0.880 bits per heavy atom. The highest BCUT2D eigenvalue weighted by Gasteiger charge is 2.08. The molecule has 2 N–H and O–H groups in total. The van der Waals surface area contributed by atoms with Gasteiger partial charge in [-0.15, -0.1) is 0 Å². The highest BCUT2D eigenvalue weighted by atomic mass is 79.9. The van der Waals surface area contributed by atoms with E-state index >= 15 is 0 Å². The predicted octanol–water partition coefficient (Wildman–Crippen LogP) is 4.36. The van der Waals surface area contributed by atoms with Gasteiger partial charge in [0.05, 0.1) is 0 Å². The van der Waals surface area contributed by atoms with Crippen LogP contribution in [0.1, 0.15) is 16.8 Å². The van der Waals surface area contributed by atoms with E-state index in [4.69, 9.17) is 0 Å². The molecule has 0 unspecified atom stereocenters. The van der Waals surface area contributed by atoms with Crippen LogP contribution in [0.5, 0.6) is 0 Å². The molecule has 4 nitrogen and oxygen atoms in total. The van der Waals surface area contributed by atoms with Crippen molar-refractivity contribution in [3.63, 3.8) is 0 Å². The summed E-state index contributed by atoms with van der Waals surface area (Å²) in [5, 5.41) is 7.69. The van der Waals surface area contributed by atoms with Crippen LogP contribution in [0.4, 0.5) is 5.69 Å². The fraction of sp³-hybridized carbons (Fsp3) is 0.100. The maximum Gasteiger partial charge on any atom is 0.251 e. The first-order chi connectivity index (χ1) is 12.1. The number of carbonyl (C=O) groups is 2. The van der Waals surface area contributed by atoms with E-state index in [1.807, 2.05) is 60.7 Å². The summed E-state index contributed by atoms with van der Waals surface area (Å²) in [5.74, 6) is -0.321. The van der Waals surface area contributed by atoms with Crippen LogP contribution in [0.2, 0.25) is 0 Å². The summed E-state index contributed by atoms with van der Waals surface area (Å²) in [6, 6.07) is 20.8. The van der Waals surface area contributed by atoms with Crippen LogP contribution in [0.3, 0.4) is 0 Å². The van der Waals surface area contributed by atoms with Gasteiger partial charge in [0, 0.05) is 28.7 Å².